The lowest BCUT2D eigenvalue weighted by Crippen LogP contribution is -2.09. The summed E-state index contributed by atoms with van der Waals surface area (Å²) >= 11 is 0. The molecule has 1 aromatic rings. The zero-order valence-corrected chi connectivity index (χ0v) is 9.67. The van der Waals surface area contributed by atoms with Crippen molar-refractivity contribution in [3.05, 3.63) is 35.4 Å². The van der Waals surface area contributed by atoms with E-state index >= 15 is 0 Å². The summed E-state index contributed by atoms with van der Waals surface area (Å²) in [5.74, 6) is -0.205. The highest BCUT2D eigenvalue weighted by Gasteiger charge is 2.09. The maximum Gasteiger partial charge on any atom is 0.163 e. The second-order valence-electron chi connectivity index (χ2n) is 3.67. The van der Waals surface area contributed by atoms with Gasteiger partial charge >= 0.3 is 0 Å². The maximum atomic E-state index is 11.6. The molecule has 0 saturated heterocycles. The van der Waals surface area contributed by atoms with Crippen molar-refractivity contribution in [1.82, 2.24) is 0 Å². The lowest BCUT2D eigenvalue weighted by Gasteiger charge is -2.01. The van der Waals surface area contributed by atoms with E-state index in [1.807, 2.05) is 13.0 Å². The number of sulfone groups is 1. The summed E-state index contributed by atoms with van der Waals surface area (Å²) in [5.41, 5.74) is 1.58. The van der Waals surface area contributed by atoms with E-state index in [0.29, 0.717) is 5.56 Å². The summed E-state index contributed by atoms with van der Waals surface area (Å²) in [5, 5.41) is 0. The van der Waals surface area contributed by atoms with Crippen LogP contribution in [0.1, 0.15) is 22.3 Å². The number of Topliss-reactive ketones (excluding diaryl/α,β-unsaturated/α-hetero) is 1. The second kappa shape index (κ2) is 4.57. The molecule has 82 valence electrons. The van der Waals surface area contributed by atoms with E-state index in [1.165, 1.54) is 0 Å². The number of hydrogen-bond acceptors (Lipinski definition) is 3. The minimum atomic E-state index is -3.06. The molecule has 0 radical (unpaired) electrons. The first-order chi connectivity index (χ1) is 6.88. The minimum Gasteiger partial charge on any atom is -0.294 e. The number of benzene rings is 1. The van der Waals surface area contributed by atoms with E-state index in [2.05, 4.69) is 0 Å². The highest BCUT2D eigenvalue weighted by Crippen LogP contribution is 2.07. The van der Waals surface area contributed by atoms with Crippen LogP contribution in [0.25, 0.3) is 0 Å². The summed E-state index contributed by atoms with van der Waals surface area (Å²) in [6.45, 7) is 1.90. The number of rotatable bonds is 4. The number of ketones is 1. The molecule has 0 amide bonds. The maximum absolute atomic E-state index is 11.6. The van der Waals surface area contributed by atoms with Gasteiger partial charge in [0.05, 0.1) is 5.75 Å². The van der Waals surface area contributed by atoms with Crippen molar-refractivity contribution in [2.24, 2.45) is 0 Å². The fourth-order valence-electron chi connectivity index (χ4n) is 1.24. The Labute approximate surface area is 90.0 Å². The van der Waals surface area contributed by atoms with Crippen molar-refractivity contribution in [2.75, 3.05) is 12.0 Å². The van der Waals surface area contributed by atoms with Gasteiger partial charge in [-0.2, -0.15) is 0 Å². The van der Waals surface area contributed by atoms with Gasteiger partial charge in [-0.25, -0.2) is 8.42 Å². The average molecular weight is 226 g/mol. The number of hydrogen-bond donors (Lipinski definition) is 0. The molecular formula is C11H14O3S. The van der Waals surface area contributed by atoms with E-state index in [4.69, 9.17) is 0 Å². The molecule has 0 aliphatic rings. The van der Waals surface area contributed by atoms with Crippen molar-refractivity contribution >= 4 is 15.6 Å². The van der Waals surface area contributed by atoms with Crippen molar-refractivity contribution in [3.63, 3.8) is 0 Å². The average Bonchev–Trinajstić information content (AvgIpc) is 2.13. The van der Waals surface area contributed by atoms with Gasteiger partial charge in [0.15, 0.2) is 5.78 Å². The lowest BCUT2D eigenvalue weighted by atomic mass is 10.1. The van der Waals surface area contributed by atoms with Crippen molar-refractivity contribution in [1.29, 1.82) is 0 Å². The summed E-state index contributed by atoms with van der Waals surface area (Å²) in [4.78, 5) is 11.6. The van der Waals surface area contributed by atoms with Gasteiger partial charge in [0.2, 0.25) is 0 Å². The first kappa shape index (κ1) is 11.9. The first-order valence-corrected chi connectivity index (χ1v) is 6.72. The SMILES string of the molecule is Cc1cccc(C(=O)CCS(C)(=O)=O)c1. The Hall–Kier alpha value is -1.16. The molecule has 0 aliphatic carbocycles. The van der Waals surface area contributed by atoms with Crippen LogP contribution in [-0.4, -0.2) is 26.2 Å². The van der Waals surface area contributed by atoms with Gasteiger partial charge in [0, 0.05) is 18.2 Å². The zero-order chi connectivity index (χ0) is 11.5. The normalized spacial score (nSPS) is 11.3. The van der Waals surface area contributed by atoms with E-state index < -0.39 is 9.84 Å². The Bertz CT molecular complexity index is 460. The van der Waals surface area contributed by atoms with Crippen LogP contribution in [0.4, 0.5) is 0 Å². The molecule has 15 heavy (non-hydrogen) atoms. The molecule has 0 N–H and O–H groups in total. The molecule has 0 fully saturated rings. The van der Waals surface area contributed by atoms with Crippen molar-refractivity contribution in [2.45, 2.75) is 13.3 Å². The standard InChI is InChI=1S/C11H14O3S/c1-9-4-3-5-10(8-9)11(12)6-7-15(2,13)14/h3-5,8H,6-7H2,1-2H3. The fraction of sp³-hybridized carbons (Fsp3) is 0.364. The van der Waals surface area contributed by atoms with E-state index in [1.54, 1.807) is 18.2 Å². The van der Waals surface area contributed by atoms with Gasteiger partial charge in [0.1, 0.15) is 9.84 Å². The molecule has 0 aliphatic heterocycles. The molecule has 0 spiro atoms. The number of aryl methyl sites for hydroxylation is 1. The van der Waals surface area contributed by atoms with Crippen LogP contribution < -0.4 is 0 Å². The van der Waals surface area contributed by atoms with Gasteiger partial charge in [0.25, 0.3) is 0 Å². The number of carbonyl (C=O) groups is 1. The lowest BCUT2D eigenvalue weighted by molar-refractivity contribution is 0.0988. The summed E-state index contributed by atoms with van der Waals surface area (Å²) < 4.78 is 21.8. The summed E-state index contributed by atoms with van der Waals surface area (Å²) in [6, 6.07) is 7.17. The molecular weight excluding hydrogens is 212 g/mol. The van der Waals surface area contributed by atoms with Crippen LogP contribution in [0.3, 0.4) is 0 Å². The molecule has 0 bridgehead atoms. The third-order valence-corrected chi connectivity index (χ3v) is 2.99. The van der Waals surface area contributed by atoms with Crippen LogP contribution in [0.2, 0.25) is 0 Å². The van der Waals surface area contributed by atoms with Crippen LogP contribution >= 0.6 is 0 Å². The van der Waals surface area contributed by atoms with E-state index in [0.717, 1.165) is 11.8 Å². The minimum absolute atomic E-state index is 0.0578. The van der Waals surface area contributed by atoms with Gasteiger partial charge in [-0.15, -0.1) is 0 Å². The molecule has 0 heterocycles. The molecule has 4 heteroatoms. The Morgan fingerprint density at radius 2 is 2.00 bits per heavy atom. The zero-order valence-electron chi connectivity index (χ0n) is 8.86. The Kier molecular flexibility index (Phi) is 3.63. The fourth-order valence-corrected chi connectivity index (χ4v) is 1.80. The quantitative estimate of drug-likeness (QED) is 0.733. The summed E-state index contributed by atoms with van der Waals surface area (Å²) in [6.07, 6.45) is 1.19. The monoisotopic (exact) mass is 226 g/mol. The topological polar surface area (TPSA) is 51.2 Å². The molecule has 1 aromatic carbocycles. The number of carbonyl (C=O) groups excluding carboxylic acids is 1. The Balaban J connectivity index is 2.70. The van der Waals surface area contributed by atoms with Gasteiger partial charge in [-0.1, -0.05) is 23.8 Å². The first-order valence-electron chi connectivity index (χ1n) is 4.66. The molecule has 0 saturated carbocycles. The van der Waals surface area contributed by atoms with Crippen molar-refractivity contribution in [3.8, 4) is 0 Å². The molecule has 0 unspecified atom stereocenters. The highest BCUT2D eigenvalue weighted by molar-refractivity contribution is 7.90. The predicted octanol–water partition coefficient (Wildman–Crippen LogP) is 1.61. The van der Waals surface area contributed by atoms with Crippen LogP contribution in [0.15, 0.2) is 24.3 Å². The summed E-state index contributed by atoms with van der Waals surface area (Å²) in [7, 11) is -3.06. The molecule has 3 nitrogen and oxygen atoms in total. The smallest absolute Gasteiger partial charge is 0.163 e. The molecule has 0 atom stereocenters. The van der Waals surface area contributed by atoms with Crippen LogP contribution in [-0.2, 0) is 9.84 Å². The third kappa shape index (κ3) is 4.25. The van der Waals surface area contributed by atoms with Gasteiger partial charge < -0.3 is 0 Å². The Morgan fingerprint density at radius 3 is 2.53 bits per heavy atom. The molecule has 0 aromatic heterocycles. The molecule has 1 rings (SSSR count). The van der Waals surface area contributed by atoms with E-state index in [-0.39, 0.29) is 18.0 Å². The van der Waals surface area contributed by atoms with Gasteiger partial charge in [-0.3, -0.25) is 4.79 Å². The Morgan fingerprint density at radius 1 is 1.33 bits per heavy atom. The predicted molar refractivity (Wildman–Crippen MR) is 59.8 cm³/mol. The van der Waals surface area contributed by atoms with Crippen molar-refractivity contribution < 1.29 is 13.2 Å². The highest BCUT2D eigenvalue weighted by atomic mass is 32.2. The van der Waals surface area contributed by atoms with E-state index in [9.17, 15) is 13.2 Å². The largest absolute Gasteiger partial charge is 0.294 e. The third-order valence-electron chi connectivity index (χ3n) is 2.04. The van der Waals surface area contributed by atoms with Gasteiger partial charge in [-0.05, 0) is 13.0 Å². The van der Waals surface area contributed by atoms with Crippen LogP contribution in [0.5, 0.6) is 0 Å². The van der Waals surface area contributed by atoms with Crippen LogP contribution in [0, 0.1) is 6.92 Å². The second-order valence-corrected chi connectivity index (χ2v) is 5.93.